The van der Waals surface area contributed by atoms with E-state index in [0.717, 1.165) is 5.56 Å². The summed E-state index contributed by atoms with van der Waals surface area (Å²) in [6.45, 7) is 6.78. The van der Waals surface area contributed by atoms with E-state index >= 15 is 0 Å². The Kier molecular flexibility index (Phi) is 4.63. The van der Waals surface area contributed by atoms with Crippen LogP contribution in [0.5, 0.6) is 0 Å². The highest BCUT2D eigenvalue weighted by Gasteiger charge is 2.31. The molecule has 1 heterocycles. The summed E-state index contributed by atoms with van der Waals surface area (Å²) in [7, 11) is 1.55. The van der Waals surface area contributed by atoms with E-state index in [1.165, 1.54) is 0 Å². The molecular formula is C13H20N2O2. The Hall–Kier alpha value is -1.42. The Bertz CT molecular complexity index is 363. The van der Waals surface area contributed by atoms with E-state index in [9.17, 15) is 4.79 Å². The third-order valence-electron chi connectivity index (χ3n) is 2.82. The normalized spacial score (nSPS) is 11.3. The standard InChI is InChI=1S/C13H20N2O2/c1-5-15(12(16)13(2,3)17-4)10-11-6-8-14-9-7-11/h6-9H,5,10H2,1-4H3. The highest BCUT2D eigenvalue weighted by molar-refractivity contribution is 5.84. The Balaban J connectivity index is 2.76. The number of ether oxygens (including phenoxy) is 1. The van der Waals surface area contributed by atoms with Crippen molar-refractivity contribution in [3.8, 4) is 0 Å². The molecule has 0 fully saturated rings. The van der Waals surface area contributed by atoms with Crippen molar-refractivity contribution >= 4 is 5.91 Å². The van der Waals surface area contributed by atoms with Crippen LogP contribution in [0.15, 0.2) is 24.5 Å². The van der Waals surface area contributed by atoms with Crippen molar-refractivity contribution in [3.63, 3.8) is 0 Å². The van der Waals surface area contributed by atoms with Crippen LogP contribution < -0.4 is 0 Å². The van der Waals surface area contributed by atoms with Gasteiger partial charge in [-0.1, -0.05) is 0 Å². The van der Waals surface area contributed by atoms with E-state index in [1.54, 1.807) is 38.3 Å². The van der Waals surface area contributed by atoms with Gasteiger partial charge in [0.15, 0.2) is 0 Å². The van der Waals surface area contributed by atoms with Crippen molar-refractivity contribution in [2.45, 2.75) is 32.9 Å². The van der Waals surface area contributed by atoms with Crippen LogP contribution in [-0.2, 0) is 16.1 Å². The molecule has 0 aliphatic rings. The zero-order chi connectivity index (χ0) is 12.9. The van der Waals surface area contributed by atoms with Gasteiger partial charge in [0.05, 0.1) is 0 Å². The van der Waals surface area contributed by atoms with Gasteiger partial charge in [-0.15, -0.1) is 0 Å². The van der Waals surface area contributed by atoms with Gasteiger partial charge in [0.25, 0.3) is 5.91 Å². The minimum Gasteiger partial charge on any atom is -0.369 e. The fourth-order valence-electron chi connectivity index (χ4n) is 1.50. The van der Waals surface area contributed by atoms with Crippen molar-refractivity contribution in [1.29, 1.82) is 0 Å². The number of hydrogen-bond donors (Lipinski definition) is 0. The van der Waals surface area contributed by atoms with Crippen LogP contribution in [0.2, 0.25) is 0 Å². The molecule has 1 aromatic rings. The van der Waals surface area contributed by atoms with Crippen LogP contribution in [0.25, 0.3) is 0 Å². The maximum Gasteiger partial charge on any atom is 0.254 e. The minimum absolute atomic E-state index is 0.000637. The number of pyridine rings is 1. The molecule has 0 bridgehead atoms. The van der Waals surface area contributed by atoms with Crippen molar-refractivity contribution in [2.24, 2.45) is 0 Å². The van der Waals surface area contributed by atoms with Crippen molar-refractivity contribution in [3.05, 3.63) is 30.1 Å². The van der Waals surface area contributed by atoms with Gasteiger partial charge in [-0.05, 0) is 38.5 Å². The largest absolute Gasteiger partial charge is 0.369 e. The Morgan fingerprint density at radius 1 is 1.41 bits per heavy atom. The molecule has 4 nitrogen and oxygen atoms in total. The number of amides is 1. The van der Waals surface area contributed by atoms with Gasteiger partial charge in [-0.3, -0.25) is 9.78 Å². The molecule has 0 spiro atoms. The fourth-order valence-corrected chi connectivity index (χ4v) is 1.50. The molecule has 4 heteroatoms. The second kappa shape index (κ2) is 5.77. The molecule has 0 N–H and O–H groups in total. The zero-order valence-corrected chi connectivity index (χ0v) is 10.9. The van der Waals surface area contributed by atoms with Gasteiger partial charge in [0, 0.05) is 32.6 Å². The Labute approximate surface area is 103 Å². The van der Waals surface area contributed by atoms with Gasteiger partial charge in [0.1, 0.15) is 5.60 Å². The first-order chi connectivity index (χ1) is 8.01. The van der Waals surface area contributed by atoms with E-state index in [2.05, 4.69) is 4.98 Å². The number of carbonyl (C=O) groups excluding carboxylic acids is 1. The molecule has 94 valence electrons. The second-order valence-corrected chi connectivity index (χ2v) is 4.39. The molecule has 0 aliphatic heterocycles. The van der Waals surface area contributed by atoms with Crippen LogP contribution in [0, 0.1) is 0 Å². The molecule has 1 aromatic heterocycles. The maximum atomic E-state index is 12.2. The molecule has 0 aliphatic carbocycles. The predicted octanol–water partition coefficient (Wildman–Crippen LogP) is 1.86. The first-order valence-corrected chi connectivity index (χ1v) is 5.74. The van der Waals surface area contributed by atoms with Gasteiger partial charge in [-0.2, -0.15) is 0 Å². The van der Waals surface area contributed by atoms with Crippen molar-refractivity contribution in [1.82, 2.24) is 9.88 Å². The number of aromatic nitrogens is 1. The van der Waals surface area contributed by atoms with Crippen LogP contribution in [0.4, 0.5) is 0 Å². The SMILES string of the molecule is CCN(Cc1ccncc1)C(=O)C(C)(C)OC. The van der Waals surface area contributed by atoms with Gasteiger partial charge < -0.3 is 9.64 Å². The highest BCUT2D eigenvalue weighted by atomic mass is 16.5. The third-order valence-corrected chi connectivity index (χ3v) is 2.82. The maximum absolute atomic E-state index is 12.2. The smallest absolute Gasteiger partial charge is 0.254 e. The molecule has 0 saturated carbocycles. The molecule has 17 heavy (non-hydrogen) atoms. The highest BCUT2D eigenvalue weighted by Crippen LogP contribution is 2.14. The third kappa shape index (κ3) is 3.53. The predicted molar refractivity (Wildman–Crippen MR) is 66.4 cm³/mol. The molecule has 1 rings (SSSR count). The Morgan fingerprint density at radius 2 is 2.00 bits per heavy atom. The van der Waals surface area contributed by atoms with E-state index < -0.39 is 5.60 Å². The van der Waals surface area contributed by atoms with Crippen LogP contribution in [0.3, 0.4) is 0 Å². The monoisotopic (exact) mass is 236 g/mol. The van der Waals surface area contributed by atoms with Gasteiger partial charge in [-0.25, -0.2) is 0 Å². The Morgan fingerprint density at radius 3 is 2.47 bits per heavy atom. The minimum atomic E-state index is -0.775. The zero-order valence-electron chi connectivity index (χ0n) is 10.9. The van der Waals surface area contributed by atoms with Crippen molar-refractivity contribution in [2.75, 3.05) is 13.7 Å². The molecule has 1 amide bonds. The molecular weight excluding hydrogens is 216 g/mol. The van der Waals surface area contributed by atoms with E-state index in [1.807, 2.05) is 19.1 Å². The summed E-state index contributed by atoms with van der Waals surface area (Å²) in [4.78, 5) is 18.0. The lowest BCUT2D eigenvalue weighted by Gasteiger charge is -2.30. The lowest BCUT2D eigenvalue weighted by atomic mass is 10.1. The number of nitrogens with zero attached hydrogens (tertiary/aromatic N) is 2. The quantitative estimate of drug-likeness (QED) is 0.783. The van der Waals surface area contributed by atoms with Gasteiger partial charge >= 0.3 is 0 Å². The number of carbonyl (C=O) groups is 1. The summed E-state index contributed by atoms with van der Waals surface area (Å²) >= 11 is 0. The molecule has 0 unspecified atom stereocenters. The average molecular weight is 236 g/mol. The number of methoxy groups -OCH3 is 1. The first kappa shape index (κ1) is 13.6. The first-order valence-electron chi connectivity index (χ1n) is 5.74. The van der Waals surface area contributed by atoms with Crippen molar-refractivity contribution < 1.29 is 9.53 Å². The fraction of sp³-hybridized carbons (Fsp3) is 0.538. The number of likely N-dealkylation sites (N-methyl/N-ethyl adjacent to an activating group) is 1. The average Bonchev–Trinajstić information content (AvgIpc) is 2.36. The van der Waals surface area contributed by atoms with E-state index in [4.69, 9.17) is 4.74 Å². The molecule has 0 saturated heterocycles. The number of rotatable bonds is 5. The molecule has 0 aromatic carbocycles. The lowest BCUT2D eigenvalue weighted by Crippen LogP contribution is -2.45. The van der Waals surface area contributed by atoms with Gasteiger partial charge in [0.2, 0.25) is 0 Å². The second-order valence-electron chi connectivity index (χ2n) is 4.39. The lowest BCUT2D eigenvalue weighted by molar-refractivity contribution is -0.151. The van der Waals surface area contributed by atoms with E-state index in [-0.39, 0.29) is 5.91 Å². The van der Waals surface area contributed by atoms with Crippen LogP contribution in [-0.4, -0.2) is 35.0 Å². The summed E-state index contributed by atoms with van der Waals surface area (Å²) in [6, 6.07) is 3.82. The summed E-state index contributed by atoms with van der Waals surface area (Å²) in [5, 5.41) is 0. The summed E-state index contributed by atoms with van der Waals surface area (Å²) < 4.78 is 5.22. The molecule has 0 atom stereocenters. The topological polar surface area (TPSA) is 42.4 Å². The number of hydrogen-bond acceptors (Lipinski definition) is 3. The summed E-state index contributed by atoms with van der Waals surface area (Å²) in [5.41, 5.74) is 0.297. The van der Waals surface area contributed by atoms with Crippen LogP contribution in [0.1, 0.15) is 26.3 Å². The summed E-state index contributed by atoms with van der Waals surface area (Å²) in [6.07, 6.45) is 3.46. The summed E-state index contributed by atoms with van der Waals surface area (Å²) in [5.74, 6) is -0.000637. The van der Waals surface area contributed by atoms with Crippen LogP contribution >= 0.6 is 0 Å². The van der Waals surface area contributed by atoms with E-state index in [0.29, 0.717) is 13.1 Å². The molecule has 0 radical (unpaired) electrons.